The van der Waals surface area contributed by atoms with Crippen LogP contribution in [-0.4, -0.2) is 37.0 Å². The van der Waals surface area contributed by atoms with Crippen molar-refractivity contribution in [1.29, 1.82) is 0 Å². The van der Waals surface area contributed by atoms with Gasteiger partial charge in [-0.15, -0.1) is 0 Å². The number of carbonyl (C=O) groups is 1. The molecule has 0 bridgehead atoms. The molecule has 1 fully saturated rings. The zero-order chi connectivity index (χ0) is 12.2. The third-order valence-electron chi connectivity index (χ3n) is 3.81. The fourth-order valence-electron chi connectivity index (χ4n) is 2.17. The summed E-state index contributed by atoms with van der Waals surface area (Å²) in [7, 11) is 2.08. The molecule has 0 spiro atoms. The maximum atomic E-state index is 12.2. The van der Waals surface area contributed by atoms with Gasteiger partial charge in [-0.05, 0) is 19.9 Å². The number of carbonyl (C=O) groups excluding carboxylic acids is 1. The van der Waals surface area contributed by atoms with E-state index in [4.69, 9.17) is 0 Å². The Hall–Kier alpha value is -0.570. The lowest BCUT2D eigenvalue weighted by molar-refractivity contribution is -0.132. The highest BCUT2D eigenvalue weighted by atomic mass is 16.2. The van der Waals surface area contributed by atoms with Crippen molar-refractivity contribution in [2.75, 3.05) is 20.1 Å². The van der Waals surface area contributed by atoms with Crippen LogP contribution >= 0.6 is 0 Å². The topological polar surface area (TPSA) is 32.3 Å². The van der Waals surface area contributed by atoms with Crippen LogP contribution in [0.3, 0.4) is 0 Å². The average molecular weight is 226 g/mol. The minimum absolute atomic E-state index is 0.163. The zero-order valence-electron chi connectivity index (χ0n) is 11.2. The summed E-state index contributed by atoms with van der Waals surface area (Å²) in [6.45, 7) is 8.38. The summed E-state index contributed by atoms with van der Waals surface area (Å²) >= 11 is 0. The normalized spacial score (nSPS) is 21.2. The molecule has 1 saturated heterocycles. The highest BCUT2D eigenvalue weighted by molar-refractivity contribution is 5.82. The van der Waals surface area contributed by atoms with Gasteiger partial charge in [-0.2, -0.15) is 0 Å². The maximum Gasteiger partial charge on any atom is 0.226 e. The van der Waals surface area contributed by atoms with Crippen LogP contribution < -0.4 is 5.32 Å². The van der Waals surface area contributed by atoms with Crippen LogP contribution in [0.2, 0.25) is 0 Å². The van der Waals surface area contributed by atoms with Gasteiger partial charge in [0.05, 0.1) is 6.04 Å². The van der Waals surface area contributed by atoms with Gasteiger partial charge in [0.25, 0.3) is 0 Å². The Balaban J connectivity index is 2.41. The number of nitrogens with one attached hydrogen (secondary N) is 1. The molecule has 1 aliphatic rings. The van der Waals surface area contributed by atoms with E-state index in [9.17, 15) is 4.79 Å². The number of unbranched alkanes of at least 4 members (excludes halogenated alkanes) is 1. The minimum atomic E-state index is -0.163. The van der Waals surface area contributed by atoms with Gasteiger partial charge in [-0.1, -0.05) is 33.6 Å². The molecule has 0 aromatic heterocycles. The summed E-state index contributed by atoms with van der Waals surface area (Å²) in [6, 6.07) is 0.380. The molecule has 1 atom stereocenters. The van der Waals surface area contributed by atoms with Gasteiger partial charge >= 0.3 is 0 Å². The molecule has 1 heterocycles. The Morgan fingerprint density at radius 2 is 2.06 bits per heavy atom. The van der Waals surface area contributed by atoms with E-state index < -0.39 is 0 Å². The van der Waals surface area contributed by atoms with Crippen molar-refractivity contribution < 1.29 is 4.79 Å². The van der Waals surface area contributed by atoms with E-state index >= 15 is 0 Å². The zero-order valence-corrected chi connectivity index (χ0v) is 11.2. The standard InChI is InChI=1S/C13H26N2O/c1-5-7-8-13(3,6-2)12(16)14-11-9-15(4)10-11/h11H,5-10H2,1-4H3,(H,14,16). The van der Waals surface area contributed by atoms with Crippen molar-refractivity contribution in [2.45, 2.75) is 52.5 Å². The molecule has 1 aliphatic heterocycles. The fourth-order valence-corrected chi connectivity index (χ4v) is 2.17. The van der Waals surface area contributed by atoms with Crippen LogP contribution in [0.1, 0.15) is 46.5 Å². The molecule has 3 heteroatoms. The first kappa shape index (κ1) is 13.5. The molecular weight excluding hydrogens is 200 g/mol. The first-order valence-electron chi connectivity index (χ1n) is 6.51. The summed E-state index contributed by atoms with van der Waals surface area (Å²) < 4.78 is 0. The molecule has 1 amide bonds. The predicted octanol–water partition coefficient (Wildman–Crippen LogP) is 2.02. The molecule has 94 valence electrons. The molecular formula is C13H26N2O. The second kappa shape index (κ2) is 5.67. The molecule has 1 rings (SSSR count). The molecule has 1 unspecified atom stereocenters. The Bertz CT molecular complexity index is 236. The first-order valence-corrected chi connectivity index (χ1v) is 6.51. The third-order valence-corrected chi connectivity index (χ3v) is 3.81. The van der Waals surface area contributed by atoms with E-state index in [0.29, 0.717) is 6.04 Å². The van der Waals surface area contributed by atoms with Gasteiger partial charge < -0.3 is 10.2 Å². The average Bonchev–Trinajstić information content (AvgIpc) is 2.23. The first-order chi connectivity index (χ1) is 7.51. The van der Waals surface area contributed by atoms with E-state index in [1.807, 2.05) is 0 Å². The smallest absolute Gasteiger partial charge is 0.226 e. The molecule has 0 radical (unpaired) electrons. The minimum Gasteiger partial charge on any atom is -0.350 e. The van der Waals surface area contributed by atoms with Crippen molar-refractivity contribution in [3.05, 3.63) is 0 Å². The third kappa shape index (κ3) is 3.21. The Kier molecular flexibility index (Phi) is 4.78. The van der Waals surface area contributed by atoms with Crippen molar-refractivity contribution >= 4 is 5.91 Å². The second-order valence-electron chi connectivity index (χ2n) is 5.41. The molecule has 0 aromatic rings. The van der Waals surface area contributed by atoms with Gasteiger partial charge in [-0.25, -0.2) is 0 Å². The van der Waals surface area contributed by atoms with Gasteiger partial charge in [0.2, 0.25) is 5.91 Å². The van der Waals surface area contributed by atoms with E-state index in [-0.39, 0.29) is 11.3 Å². The Morgan fingerprint density at radius 3 is 2.50 bits per heavy atom. The largest absolute Gasteiger partial charge is 0.350 e. The number of likely N-dealkylation sites (tertiary alicyclic amines) is 1. The van der Waals surface area contributed by atoms with Crippen LogP contribution in [0.15, 0.2) is 0 Å². The van der Waals surface area contributed by atoms with Gasteiger partial charge in [-0.3, -0.25) is 4.79 Å². The highest BCUT2D eigenvalue weighted by Gasteiger charge is 2.34. The van der Waals surface area contributed by atoms with Gasteiger partial charge in [0, 0.05) is 18.5 Å². The number of rotatable bonds is 6. The number of hydrogen-bond acceptors (Lipinski definition) is 2. The molecule has 0 aliphatic carbocycles. The van der Waals surface area contributed by atoms with Crippen LogP contribution in [0.5, 0.6) is 0 Å². The van der Waals surface area contributed by atoms with Gasteiger partial charge in [0.1, 0.15) is 0 Å². The summed E-state index contributed by atoms with van der Waals surface area (Å²) in [4.78, 5) is 14.4. The Morgan fingerprint density at radius 1 is 1.44 bits per heavy atom. The molecule has 0 aromatic carbocycles. The van der Waals surface area contributed by atoms with Crippen LogP contribution in [-0.2, 0) is 4.79 Å². The second-order valence-corrected chi connectivity index (χ2v) is 5.41. The molecule has 1 N–H and O–H groups in total. The lowest BCUT2D eigenvalue weighted by atomic mass is 9.81. The molecule has 16 heavy (non-hydrogen) atoms. The van der Waals surface area contributed by atoms with Gasteiger partial charge in [0.15, 0.2) is 0 Å². The van der Waals surface area contributed by atoms with Crippen molar-refractivity contribution in [3.8, 4) is 0 Å². The number of likely N-dealkylation sites (N-methyl/N-ethyl adjacent to an activating group) is 1. The number of hydrogen-bond donors (Lipinski definition) is 1. The summed E-state index contributed by atoms with van der Waals surface area (Å²) in [5.74, 6) is 0.251. The van der Waals surface area contributed by atoms with Crippen LogP contribution in [0.4, 0.5) is 0 Å². The van der Waals surface area contributed by atoms with E-state index in [1.54, 1.807) is 0 Å². The lowest BCUT2D eigenvalue weighted by Gasteiger charge is -2.39. The summed E-state index contributed by atoms with van der Waals surface area (Å²) in [5, 5.41) is 3.17. The van der Waals surface area contributed by atoms with Crippen molar-refractivity contribution in [2.24, 2.45) is 5.41 Å². The van der Waals surface area contributed by atoms with E-state index in [2.05, 4.69) is 38.0 Å². The van der Waals surface area contributed by atoms with E-state index in [1.165, 1.54) is 0 Å². The van der Waals surface area contributed by atoms with Crippen LogP contribution in [0, 0.1) is 5.41 Å². The summed E-state index contributed by atoms with van der Waals surface area (Å²) in [5.41, 5.74) is -0.163. The van der Waals surface area contributed by atoms with E-state index in [0.717, 1.165) is 38.8 Å². The SMILES string of the molecule is CCCCC(C)(CC)C(=O)NC1CN(C)C1. The summed E-state index contributed by atoms with van der Waals surface area (Å²) in [6.07, 6.45) is 4.24. The lowest BCUT2D eigenvalue weighted by Crippen LogP contribution is -2.59. The number of nitrogens with zero attached hydrogens (tertiary/aromatic N) is 1. The monoisotopic (exact) mass is 226 g/mol. The molecule has 0 saturated carbocycles. The Labute approximate surface area is 99.6 Å². The van der Waals surface area contributed by atoms with Crippen LogP contribution in [0.25, 0.3) is 0 Å². The fraction of sp³-hybridized carbons (Fsp3) is 0.923. The van der Waals surface area contributed by atoms with Crippen molar-refractivity contribution in [1.82, 2.24) is 10.2 Å². The maximum absolute atomic E-state index is 12.2. The van der Waals surface area contributed by atoms with Crippen molar-refractivity contribution in [3.63, 3.8) is 0 Å². The highest BCUT2D eigenvalue weighted by Crippen LogP contribution is 2.28. The molecule has 3 nitrogen and oxygen atoms in total. The predicted molar refractivity (Wildman–Crippen MR) is 67.4 cm³/mol. The number of amides is 1. The quantitative estimate of drug-likeness (QED) is 0.751.